The lowest BCUT2D eigenvalue weighted by molar-refractivity contribution is 0.411. The smallest absolute Gasteiger partial charge is 0.0721 e. The van der Waals surface area contributed by atoms with Gasteiger partial charge in [0, 0.05) is 24.8 Å². The highest BCUT2D eigenvalue weighted by Gasteiger charge is 2.25. The number of aliphatic imine (C=N–C) groups is 1. The van der Waals surface area contributed by atoms with Crippen molar-refractivity contribution < 1.29 is 0 Å². The Hall–Kier alpha value is -0.0200. The molecular weight excluding hydrogens is 156 g/mol. The van der Waals surface area contributed by atoms with Crippen molar-refractivity contribution in [3.8, 4) is 0 Å². The van der Waals surface area contributed by atoms with Gasteiger partial charge in [-0.15, -0.1) is 11.8 Å². The highest BCUT2D eigenvalue weighted by molar-refractivity contribution is 8.14. The van der Waals surface area contributed by atoms with Gasteiger partial charge >= 0.3 is 0 Å². The molecule has 1 atom stereocenters. The van der Waals surface area contributed by atoms with E-state index in [4.69, 9.17) is 0 Å². The summed E-state index contributed by atoms with van der Waals surface area (Å²) in [6, 6.07) is 0. The minimum absolute atomic E-state index is 0.771. The van der Waals surface area contributed by atoms with Crippen LogP contribution in [0.3, 0.4) is 0 Å². The van der Waals surface area contributed by atoms with E-state index in [1.807, 2.05) is 11.8 Å². The third-order valence-electron chi connectivity index (χ3n) is 2.35. The number of hydrogen-bond donors (Lipinski definition) is 0. The molecule has 0 aromatic carbocycles. The molecule has 2 nitrogen and oxygen atoms in total. The van der Waals surface area contributed by atoms with Crippen LogP contribution < -0.4 is 0 Å². The Labute approximate surface area is 72.1 Å². The molecule has 0 radical (unpaired) electrons. The van der Waals surface area contributed by atoms with Crippen LogP contribution >= 0.6 is 11.8 Å². The molecule has 3 heteroatoms. The summed E-state index contributed by atoms with van der Waals surface area (Å²) in [4.78, 5) is 6.90. The SMILES string of the molecule is CN1CCC(C2=NCCS2)C1. The van der Waals surface area contributed by atoms with Crippen molar-refractivity contribution in [1.29, 1.82) is 0 Å². The van der Waals surface area contributed by atoms with E-state index >= 15 is 0 Å². The molecule has 0 bridgehead atoms. The normalized spacial score (nSPS) is 32.8. The van der Waals surface area contributed by atoms with E-state index in [1.54, 1.807) is 0 Å². The van der Waals surface area contributed by atoms with Crippen LogP contribution in [0.1, 0.15) is 6.42 Å². The van der Waals surface area contributed by atoms with Gasteiger partial charge in [0.1, 0.15) is 0 Å². The monoisotopic (exact) mass is 170 g/mol. The van der Waals surface area contributed by atoms with Crippen LogP contribution in [0.25, 0.3) is 0 Å². The molecule has 2 aliphatic heterocycles. The first-order chi connectivity index (χ1) is 5.36. The van der Waals surface area contributed by atoms with Crippen LogP contribution in [0.5, 0.6) is 0 Å². The second-order valence-corrected chi connectivity index (χ2v) is 4.43. The van der Waals surface area contributed by atoms with E-state index in [9.17, 15) is 0 Å². The van der Waals surface area contributed by atoms with Crippen molar-refractivity contribution in [1.82, 2.24) is 4.90 Å². The summed E-state index contributed by atoms with van der Waals surface area (Å²) < 4.78 is 0. The van der Waals surface area contributed by atoms with Crippen LogP contribution in [-0.4, -0.2) is 42.4 Å². The Morgan fingerprint density at radius 3 is 3.09 bits per heavy atom. The third kappa shape index (κ3) is 1.59. The predicted molar refractivity (Wildman–Crippen MR) is 50.4 cm³/mol. The topological polar surface area (TPSA) is 15.6 Å². The first-order valence-electron chi connectivity index (χ1n) is 4.22. The maximum absolute atomic E-state index is 4.51. The molecule has 0 aromatic heterocycles. The lowest BCUT2D eigenvalue weighted by Crippen LogP contribution is -2.17. The van der Waals surface area contributed by atoms with Crippen molar-refractivity contribution in [2.24, 2.45) is 10.9 Å². The van der Waals surface area contributed by atoms with Gasteiger partial charge in [0.25, 0.3) is 0 Å². The molecule has 0 aliphatic carbocycles. The fourth-order valence-corrected chi connectivity index (χ4v) is 2.74. The molecular formula is C8H14N2S. The fraction of sp³-hybridized carbons (Fsp3) is 0.875. The first kappa shape index (κ1) is 7.62. The van der Waals surface area contributed by atoms with E-state index in [0.29, 0.717) is 0 Å². The largest absolute Gasteiger partial charge is 0.306 e. The Morgan fingerprint density at radius 1 is 1.64 bits per heavy atom. The summed E-state index contributed by atoms with van der Waals surface area (Å²) in [5.74, 6) is 1.99. The second-order valence-electron chi connectivity index (χ2n) is 3.32. The molecule has 1 unspecified atom stereocenters. The Morgan fingerprint density at radius 2 is 2.55 bits per heavy atom. The highest BCUT2D eigenvalue weighted by Crippen LogP contribution is 2.25. The summed E-state index contributed by atoms with van der Waals surface area (Å²) in [5.41, 5.74) is 0. The van der Waals surface area contributed by atoms with Gasteiger partial charge in [-0.05, 0) is 20.0 Å². The van der Waals surface area contributed by atoms with E-state index in [1.165, 1.54) is 30.3 Å². The summed E-state index contributed by atoms with van der Waals surface area (Å²) in [7, 11) is 2.19. The van der Waals surface area contributed by atoms with E-state index in [-0.39, 0.29) is 0 Å². The quantitative estimate of drug-likeness (QED) is 0.585. The van der Waals surface area contributed by atoms with Crippen LogP contribution in [0.15, 0.2) is 4.99 Å². The number of rotatable bonds is 1. The molecule has 62 valence electrons. The predicted octanol–water partition coefficient (Wildman–Crippen LogP) is 1.08. The van der Waals surface area contributed by atoms with Crippen LogP contribution in [0.2, 0.25) is 0 Å². The maximum Gasteiger partial charge on any atom is 0.0721 e. The number of thioether (sulfide) groups is 1. The lowest BCUT2D eigenvalue weighted by atomic mass is 10.1. The van der Waals surface area contributed by atoms with Gasteiger partial charge in [-0.2, -0.15) is 0 Å². The minimum Gasteiger partial charge on any atom is -0.306 e. The lowest BCUT2D eigenvalue weighted by Gasteiger charge is -2.08. The average molecular weight is 170 g/mol. The molecule has 0 saturated carbocycles. The van der Waals surface area contributed by atoms with Crippen molar-refractivity contribution in [3.05, 3.63) is 0 Å². The first-order valence-corrected chi connectivity index (χ1v) is 5.20. The molecule has 0 spiro atoms. The van der Waals surface area contributed by atoms with E-state index < -0.39 is 0 Å². The molecule has 2 rings (SSSR count). The molecule has 2 aliphatic rings. The van der Waals surface area contributed by atoms with Gasteiger partial charge in [0.05, 0.1) is 5.04 Å². The van der Waals surface area contributed by atoms with E-state index in [0.717, 1.165) is 12.5 Å². The van der Waals surface area contributed by atoms with Crippen LogP contribution in [0, 0.1) is 5.92 Å². The van der Waals surface area contributed by atoms with Crippen molar-refractivity contribution >= 4 is 16.8 Å². The van der Waals surface area contributed by atoms with Gasteiger partial charge in [-0.25, -0.2) is 0 Å². The van der Waals surface area contributed by atoms with Crippen LogP contribution in [0.4, 0.5) is 0 Å². The standard InChI is InChI=1S/C8H14N2S/c1-10-4-2-7(6-10)8-9-3-5-11-8/h7H,2-6H2,1H3. The number of hydrogen-bond acceptors (Lipinski definition) is 3. The minimum atomic E-state index is 0.771. The summed E-state index contributed by atoms with van der Waals surface area (Å²) in [6.07, 6.45) is 1.32. The van der Waals surface area contributed by atoms with Crippen LogP contribution in [-0.2, 0) is 0 Å². The maximum atomic E-state index is 4.51. The zero-order valence-electron chi connectivity index (χ0n) is 6.92. The molecule has 0 aromatic rings. The highest BCUT2D eigenvalue weighted by atomic mass is 32.2. The van der Waals surface area contributed by atoms with Gasteiger partial charge in [0.2, 0.25) is 0 Å². The van der Waals surface area contributed by atoms with Crippen molar-refractivity contribution in [3.63, 3.8) is 0 Å². The van der Waals surface area contributed by atoms with Gasteiger partial charge in [-0.1, -0.05) is 0 Å². The summed E-state index contributed by atoms with van der Waals surface area (Å²) in [6.45, 7) is 3.54. The summed E-state index contributed by atoms with van der Waals surface area (Å²) in [5, 5.41) is 1.43. The average Bonchev–Trinajstić information content (AvgIpc) is 2.55. The Kier molecular flexibility index (Phi) is 2.18. The fourth-order valence-electron chi connectivity index (χ4n) is 1.74. The van der Waals surface area contributed by atoms with Crippen molar-refractivity contribution in [2.45, 2.75) is 6.42 Å². The van der Waals surface area contributed by atoms with Gasteiger partial charge < -0.3 is 4.90 Å². The number of likely N-dealkylation sites (tertiary alicyclic amines) is 1. The molecule has 1 fully saturated rings. The molecule has 0 amide bonds. The van der Waals surface area contributed by atoms with Crippen molar-refractivity contribution in [2.75, 3.05) is 32.4 Å². The molecule has 1 saturated heterocycles. The van der Waals surface area contributed by atoms with Gasteiger partial charge in [-0.3, -0.25) is 4.99 Å². The van der Waals surface area contributed by atoms with E-state index in [2.05, 4.69) is 16.9 Å². The zero-order valence-corrected chi connectivity index (χ0v) is 7.73. The third-order valence-corrected chi connectivity index (χ3v) is 3.49. The Balaban J connectivity index is 1.95. The molecule has 11 heavy (non-hydrogen) atoms. The molecule has 0 N–H and O–H groups in total. The van der Waals surface area contributed by atoms with Gasteiger partial charge in [0.15, 0.2) is 0 Å². The Bertz CT molecular complexity index is 179. The number of nitrogens with zero attached hydrogens (tertiary/aromatic N) is 2. The molecule has 2 heterocycles. The second kappa shape index (κ2) is 3.15. The zero-order chi connectivity index (χ0) is 7.68. The summed E-state index contributed by atoms with van der Waals surface area (Å²) >= 11 is 1.96.